The normalized spacial score (nSPS) is 10.8. The molecule has 0 aliphatic heterocycles. The summed E-state index contributed by atoms with van der Waals surface area (Å²) in [5, 5.41) is 7.82. The van der Waals surface area contributed by atoms with Gasteiger partial charge >= 0.3 is 0 Å². The Bertz CT molecular complexity index is 583. The highest BCUT2D eigenvalue weighted by atomic mass is 79.9. The highest BCUT2D eigenvalue weighted by Gasteiger charge is 2.15. The van der Waals surface area contributed by atoms with E-state index in [1.165, 1.54) is 0 Å². The Balaban J connectivity index is 2.60. The summed E-state index contributed by atoms with van der Waals surface area (Å²) in [5.74, 6) is 5.98. The molecule has 2 N–H and O–H groups in total. The summed E-state index contributed by atoms with van der Waals surface area (Å²) in [7, 11) is 0. The van der Waals surface area contributed by atoms with Gasteiger partial charge in [-0.05, 0) is 0 Å². The van der Waals surface area contributed by atoms with E-state index in [4.69, 9.17) is 5.84 Å². The van der Waals surface area contributed by atoms with E-state index in [2.05, 4.69) is 42.1 Å². The molecule has 0 fully saturated rings. The van der Waals surface area contributed by atoms with Crippen molar-refractivity contribution in [2.45, 2.75) is 3.74 Å². The molecule has 1 heterocycles. The van der Waals surface area contributed by atoms with Crippen LogP contribution in [-0.4, -0.2) is 14.9 Å². The summed E-state index contributed by atoms with van der Waals surface area (Å²) in [6.07, 6.45) is 0. The molecule has 17 heavy (non-hydrogen) atoms. The molecule has 0 bridgehead atoms. The second-order valence-electron chi connectivity index (χ2n) is 3.25. The van der Waals surface area contributed by atoms with Crippen molar-refractivity contribution in [3.05, 3.63) is 46.5 Å². The van der Waals surface area contributed by atoms with Gasteiger partial charge in [0, 0.05) is 5.56 Å². The van der Waals surface area contributed by atoms with Crippen LogP contribution in [0, 0.1) is 0 Å². The van der Waals surface area contributed by atoms with Crippen molar-refractivity contribution >= 4 is 31.9 Å². The molecular formula is C10H8Br2N4O. The largest absolute Gasteiger partial charge is 0.335 e. The van der Waals surface area contributed by atoms with Gasteiger partial charge in [-0.3, -0.25) is 4.79 Å². The average Bonchev–Trinajstić information content (AvgIpc) is 2.33. The van der Waals surface area contributed by atoms with Gasteiger partial charge in [-0.25, -0.2) is 4.68 Å². The van der Waals surface area contributed by atoms with Gasteiger partial charge in [0.05, 0.1) is 0 Å². The van der Waals surface area contributed by atoms with E-state index in [0.717, 1.165) is 4.68 Å². The van der Waals surface area contributed by atoms with Crippen molar-refractivity contribution in [1.29, 1.82) is 0 Å². The van der Waals surface area contributed by atoms with Crippen LogP contribution in [0.3, 0.4) is 0 Å². The molecule has 0 saturated heterocycles. The summed E-state index contributed by atoms with van der Waals surface area (Å²) in [6.45, 7) is 0. The van der Waals surface area contributed by atoms with Crippen molar-refractivity contribution in [3.63, 3.8) is 0 Å². The number of nitrogens with zero attached hydrogens (tertiary/aromatic N) is 3. The maximum Gasteiger partial charge on any atom is 0.298 e. The van der Waals surface area contributed by atoms with E-state index < -0.39 is 0 Å². The van der Waals surface area contributed by atoms with Crippen LogP contribution in [0.25, 0.3) is 11.3 Å². The number of nitrogen functional groups attached to an aromatic ring is 1. The summed E-state index contributed by atoms with van der Waals surface area (Å²) < 4.78 is 0.661. The lowest BCUT2D eigenvalue weighted by molar-refractivity contribution is 0.767. The van der Waals surface area contributed by atoms with E-state index in [1.54, 1.807) is 12.1 Å². The highest BCUT2D eigenvalue weighted by molar-refractivity contribution is 9.24. The fourth-order valence-corrected chi connectivity index (χ4v) is 1.96. The minimum Gasteiger partial charge on any atom is -0.335 e. The van der Waals surface area contributed by atoms with Crippen LogP contribution in [-0.2, 0) is 0 Å². The van der Waals surface area contributed by atoms with Crippen molar-refractivity contribution in [3.8, 4) is 11.3 Å². The Kier molecular flexibility index (Phi) is 3.58. The minimum atomic E-state index is -0.384. The zero-order chi connectivity index (χ0) is 12.4. The molecule has 0 aliphatic carbocycles. The molecule has 0 radical (unpaired) electrons. The van der Waals surface area contributed by atoms with E-state index >= 15 is 0 Å². The number of halogens is 2. The maximum absolute atomic E-state index is 12.0. The Labute approximate surface area is 114 Å². The lowest BCUT2D eigenvalue weighted by atomic mass is 10.2. The smallest absolute Gasteiger partial charge is 0.298 e. The Morgan fingerprint density at radius 2 is 1.82 bits per heavy atom. The molecule has 2 rings (SSSR count). The summed E-state index contributed by atoms with van der Waals surface area (Å²) in [6, 6.07) is 9.07. The summed E-state index contributed by atoms with van der Waals surface area (Å²) in [5.41, 5.74) is 0.541. The van der Waals surface area contributed by atoms with Gasteiger partial charge in [0.15, 0.2) is 11.5 Å². The van der Waals surface area contributed by atoms with Gasteiger partial charge in [0.25, 0.3) is 5.56 Å². The lowest BCUT2D eigenvalue weighted by Gasteiger charge is -2.08. The topological polar surface area (TPSA) is 73.8 Å². The van der Waals surface area contributed by atoms with Gasteiger partial charge in [-0.2, -0.15) is 0 Å². The standard InChI is InChI=1S/C10H8Br2N4O/c11-8(12)9-15-14-7(10(17)16(9)13)6-4-2-1-3-5-6/h1-5,8H,13H2. The molecule has 1 aromatic heterocycles. The van der Waals surface area contributed by atoms with Crippen LogP contribution >= 0.6 is 31.9 Å². The minimum absolute atomic E-state index is 0.234. The first-order chi connectivity index (χ1) is 8.11. The lowest BCUT2D eigenvalue weighted by Crippen LogP contribution is -2.33. The van der Waals surface area contributed by atoms with Crippen molar-refractivity contribution < 1.29 is 0 Å². The third-order valence-corrected chi connectivity index (χ3v) is 2.98. The van der Waals surface area contributed by atoms with E-state index in [0.29, 0.717) is 11.4 Å². The number of hydrogen-bond donors (Lipinski definition) is 1. The van der Waals surface area contributed by atoms with E-state index in [1.807, 2.05) is 18.2 Å². The van der Waals surface area contributed by atoms with Crippen molar-refractivity contribution in [1.82, 2.24) is 14.9 Å². The predicted octanol–water partition coefficient (Wildman–Crippen LogP) is 1.81. The SMILES string of the molecule is Nn1c(C(Br)Br)nnc(-c2ccccc2)c1=O. The fraction of sp³-hybridized carbons (Fsp3) is 0.100. The first kappa shape index (κ1) is 12.3. The Hall–Kier alpha value is -1.21. The summed E-state index contributed by atoms with van der Waals surface area (Å²) in [4.78, 5) is 12.0. The number of benzene rings is 1. The Morgan fingerprint density at radius 3 is 2.41 bits per heavy atom. The molecule has 0 atom stereocenters. The van der Waals surface area contributed by atoms with Gasteiger partial charge in [-0.1, -0.05) is 62.2 Å². The average molecular weight is 360 g/mol. The molecule has 88 valence electrons. The molecule has 0 amide bonds. The quantitative estimate of drug-likeness (QED) is 0.655. The van der Waals surface area contributed by atoms with Crippen LogP contribution in [0.15, 0.2) is 35.1 Å². The zero-order valence-electron chi connectivity index (χ0n) is 8.55. The molecule has 0 saturated carbocycles. The number of nitrogens with two attached hydrogens (primary N) is 1. The molecule has 0 unspecified atom stereocenters. The molecule has 0 spiro atoms. The molecule has 0 aliphatic rings. The van der Waals surface area contributed by atoms with Crippen LogP contribution in [0.4, 0.5) is 0 Å². The van der Waals surface area contributed by atoms with Crippen LogP contribution < -0.4 is 11.4 Å². The van der Waals surface area contributed by atoms with E-state index in [9.17, 15) is 4.79 Å². The summed E-state index contributed by atoms with van der Waals surface area (Å²) >= 11 is 6.45. The van der Waals surface area contributed by atoms with Crippen molar-refractivity contribution in [2.75, 3.05) is 5.84 Å². The zero-order valence-corrected chi connectivity index (χ0v) is 11.7. The van der Waals surface area contributed by atoms with Gasteiger partial charge in [0.2, 0.25) is 0 Å². The van der Waals surface area contributed by atoms with Gasteiger partial charge in [0.1, 0.15) is 3.74 Å². The second kappa shape index (κ2) is 4.97. The highest BCUT2D eigenvalue weighted by Crippen LogP contribution is 2.25. The Morgan fingerprint density at radius 1 is 1.18 bits per heavy atom. The molecule has 1 aromatic carbocycles. The first-order valence-corrected chi connectivity index (χ1v) is 6.52. The van der Waals surface area contributed by atoms with E-state index in [-0.39, 0.29) is 15.0 Å². The predicted molar refractivity (Wildman–Crippen MR) is 72.5 cm³/mol. The second-order valence-corrected chi connectivity index (χ2v) is 6.31. The molecule has 2 aromatic rings. The van der Waals surface area contributed by atoms with Gasteiger partial charge < -0.3 is 5.84 Å². The van der Waals surface area contributed by atoms with Crippen molar-refractivity contribution in [2.24, 2.45) is 0 Å². The van der Waals surface area contributed by atoms with Crippen LogP contribution in [0.5, 0.6) is 0 Å². The number of rotatable bonds is 2. The molecule has 7 heteroatoms. The third-order valence-electron chi connectivity index (χ3n) is 2.16. The van der Waals surface area contributed by atoms with Crippen LogP contribution in [0.1, 0.15) is 9.56 Å². The number of hydrogen-bond acceptors (Lipinski definition) is 4. The molecule has 5 nitrogen and oxygen atoms in total. The van der Waals surface area contributed by atoms with Gasteiger partial charge in [-0.15, -0.1) is 10.2 Å². The third kappa shape index (κ3) is 2.39. The monoisotopic (exact) mass is 358 g/mol. The molecular weight excluding hydrogens is 352 g/mol. The number of aromatic nitrogens is 3. The first-order valence-electron chi connectivity index (χ1n) is 4.69. The number of alkyl halides is 2. The van der Waals surface area contributed by atoms with Crippen LogP contribution in [0.2, 0.25) is 0 Å². The fourth-order valence-electron chi connectivity index (χ4n) is 1.34. The maximum atomic E-state index is 12.0.